The van der Waals surface area contributed by atoms with E-state index in [-0.39, 0.29) is 5.04 Å². The molecule has 3 rings (SSSR count). The normalized spacial score (nSPS) is 23.0. The monoisotopic (exact) mass is 407 g/mol. The van der Waals surface area contributed by atoms with Crippen LogP contribution in [0.1, 0.15) is 46.5 Å². The van der Waals surface area contributed by atoms with Crippen molar-refractivity contribution in [2.45, 2.75) is 57.5 Å². The Bertz CT molecular complexity index is 729. The second-order valence-electron chi connectivity index (χ2n) is 9.60. The third-order valence-electron chi connectivity index (χ3n) is 6.57. The Balaban J connectivity index is 1.93. The SMILES string of the molecule is C=CC[C@H]1C[C@@H](CO[Si](c2ccccc2)(c2ccccc2)C(C)(C)C)CC[C@@H]1N. The van der Waals surface area contributed by atoms with Crippen LogP contribution in [0.4, 0.5) is 0 Å². The lowest BCUT2D eigenvalue weighted by Crippen LogP contribution is -2.67. The second kappa shape index (κ2) is 9.42. The topological polar surface area (TPSA) is 35.2 Å². The summed E-state index contributed by atoms with van der Waals surface area (Å²) in [6.45, 7) is 11.8. The molecule has 29 heavy (non-hydrogen) atoms. The van der Waals surface area contributed by atoms with Crippen molar-refractivity contribution in [1.82, 2.24) is 0 Å². The van der Waals surface area contributed by atoms with E-state index in [1.165, 1.54) is 10.4 Å². The lowest BCUT2D eigenvalue weighted by Gasteiger charge is -2.44. The predicted octanol–water partition coefficient (Wildman–Crippen LogP) is 4.88. The highest BCUT2D eigenvalue weighted by Crippen LogP contribution is 2.38. The summed E-state index contributed by atoms with van der Waals surface area (Å²) in [6.07, 6.45) is 6.43. The average molecular weight is 408 g/mol. The molecule has 3 heteroatoms. The summed E-state index contributed by atoms with van der Waals surface area (Å²) in [5.41, 5.74) is 6.38. The molecule has 0 amide bonds. The van der Waals surface area contributed by atoms with Gasteiger partial charge in [-0.1, -0.05) is 87.5 Å². The van der Waals surface area contributed by atoms with Crippen LogP contribution in [-0.2, 0) is 4.43 Å². The van der Waals surface area contributed by atoms with Crippen LogP contribution in [0.2, 0.25) is 5.04 Å². The Morgan fingerprint density at radius 1 is 1.00 bits per heavy atom. The van der Waals surface area contributed by atoms with E-state index in [2.05, 4.69) is 88.0 Å². The summed E-state index contributed by atoms with van der Waals surface area (Å²) in [5.74, 6) is 1.11. The second-order valence-corrected chi connectivity index (χ2v) is 13.9. The highest BCUT2D eigenvalue weighted by molar-refractivity contribution is 6.99. The van der Waals surface area contributed by atoms with E-state index in [4.69, 9.17) is 10.2 Å². The van der Waals surface area contributed by atoms with Crippen LogP contribution in [0.5, 0.6) is 0 Å². The van der Waals surface area contributed by atoms with E-state index >= 15 is 0 Å². The summed E-state index contributed by atoms with van der Waals surface area (Å²) >= 11 is 0. The van der Waals surface area contributed by atoms with E-state index in [1.807, 2.05) is 6.08 Å². The van der Waals surface area contributed by atoms with Gasteiger partial charge in [0, 0.05) is 12.6 Å². The van der Waals surface area contributed by atoms with Gasteiger partial charge in [-0.25, -0.2) is 0 Å². The zero-order valence-corrected chi connectivity index (χ0v) is 19.3. The van der Waals surface area contributed by atoms with E-state index in [0.717, 1.165) is 32.3 Å². The molecule has 2 aromatic carbocycles. The quantitative estimate of drug-likeness (QED) is 0.524. The Morgan fingerprint density at radius 2 is 1.55 bits per heavy atom. The molecule has 1 saturated carbocycles. The van der Waals surface area contributed by atoms with Gasteiger partial charge in [-0.3, -0.25) is 0 Å². The van der Waals surface area contributed by atoms with Gasteiger partial charge in [0.2, 0.25) is 0 Å². The first kappa shape index (κ1) is 22.0. The molecule has 0 bridgehead atoms. The molecule has 0 aliphatic heterocycles. The third-order valence-corrected chi connectivity index (χ3v) is 11.6. The first-order chi connectivity index (χ1) is 13.9. The van der Waals surface area contributed by atoms with Crippen molar-refractivity contribution in [3.63, 3.8) is 0 Å². The van der Waals surface area contributed by atoms with Crippen LogP contribution in [0.25, 0.3) is 0 Å². The van der Waals surface area contributed by atoms with Gasteiger partial charge in [0.1, 0.15) is 0 Å². The van der Waals surface area contributed by atoms with Gasteiger partial charge < -0.3 is 10.2 Å². The maximum Gasteiger partial charge on any atom is 0.261 e. The highest BCUT2D eigenvalue weighted by atomic mass is 28.4. The molecule has 1 aliphatic carbocycles. The van der Waals surface area contributed by atoms with Crippen LogP contribution in [0, 0.1) is 11.8 Å². The standard InChI is InChI=1S/C26H37NOSi/c1-5-12-22-19-21(17-18-25(22)27)20-28-29(26(2,3)4,23-13-8-6-9-14-23)24-15-10-7-11-16-24/h5-11,13-16,21-22,25H,1,12,17-20,27H2,2-4H3/t21-,22-,25-/m0/s1. The minimum absolute atomic E-state index is 0.0291. The Kier molecular flexibility index (Phi) is 7.15. The van der Waals surface area contributed by atoms with Crippen molar-refractivity contribution in [2.75, 3.05) is 6.61 Å². The van der Waals surface area contributed by atoms with Crippen LogP contribution in [0.3, 0.4) is 0 Å². The van der Waals surface area contributed by atoms with Crippen LogP contribution in [0.15, 0.2) is 73.3 Å². The molecule has 2 aromatic rings. The van der Waals surface area contributed by atoms with Gasteiger partial charge in [-0.2, -0.15) is 0 Å². The highest BCUT2D eigenvalue weighted by Gasteiger charge is 2.50. The molecular weight excluding hydrogens is 370 g/mol. The van der Waals surface area contributed by atoms with Crippen LogP contribution < -0.4 is 16.1 Å². The largest absolute Gasteiger partial charge is 0.407 e. The van der Waals surface area contributed by atoms with E-state index in [0.29, 0.717) is 17.9 Å². The minimum Gasteiger partial charge on any atom is -0.407 e. The molecule has 2 nitrogen and oxygen atoms in total. The molecule has 2 N–H and O–H groups in total. The first-order valence-electron chi connectivity index (χ1n) is 11.0. The maximum absolute atomic E-state index is 7.14. The molecule has 156 valence electrons. The fourth-order valence-corrected chi connectivity index (χ4v) is 9.67. The fourth-order valence-electron chi connectivity index (χ4n) is 5.03. The molecule has 1 fully saturated rings. The van der Waals surface area contributed by atoms with Gasteiger partial charge >= 0.3 is 0 Å². The molecule has 0 aromatic heterocycles. The molecule has 0 radical (unpaired) electrons. The van der Waals surface area contributed by atoms with Crippen molar-refractivity contribution in [2.24, 2.45) is 17.6 Å². The Morgan fingerprint density at radius 3 is 2.03 bits per heavy atom. The minimum atomic E-state index is -2.44. The van der Waals surface area contributed by atoms with Gasteiger partial charge in [0.25, 0.3) is 8.32 Å². The summed E-state index contributed by atoms with van der Waals surface area (Å²) in [5, 5.41) is 2.74. The van der Waals surface area contributed by atoms with Gasteiger partial charge in [0.05, 0.1) is 0 Å². The lowest BCUT2D eigenvalue weighted by atomic mass is 9.77. The number of rotatable bonds is 7. The third kappa shape index (κ3) is 4.74. The summed E-state index contributed by atoms with van der Waals surface area (Å²) in [6, 6.07) is 22.1. The van der Waals surface area contributed by atoms with E-state index in [1.54, 1.807) is 0 Å². The van der Waals surface area contributed by atoms with Crippen LogP contribution >= 0.6 is 0 Å². The molecule has 0 spiro atoms. The number of hydrogen-bond donors (Lipinski definition) is 1. The summed E-state index contributed by atoms with van der Waals surface area (Å²) < 4.78 is 7.14. The van der Waals surface area contributed by atoms with Gasteiger partial charge in [-0.05, 0) is 52.9 Å². The summed E-state index contributed by atoms with van der Waals surface area (Å²) in [4.78, 5) is 0. The van der Waals surface area contributed by atoms with E-state index < -0.39 is 8.32 Å². The number of nitrogens with two attached hydrogens (primary N) is 1. The van der Waals surface area contributed by atoms with Crippen LogP contribution in [-0.4, -0.2) is 21.0 Å². The molecular formula is C26H37NOSi. The maximum atomic E-state index is 7.14. The average Bonchev–Trinajstić information content (AvgIpc) is 2.71. The van der Waals surface area contributed by atoms with Crippen molar-refractivity contribution < 1.29 is 4.43 Å². The zero-order valence-electron chi connectivity index (χ0n) is 18.3. The molecule has 1 aliphatic rings. The van der Waals surface area contributed by atoms with Crippen molar-refractivity contribution in [3.05, 3.63) is 73.3 Å². The smallest absolute Gasteiger partial charge is 0.261 e. The first-order valence-corrected chi connectivity index (χ1v) is 12.9. The van der Waals surface area contributed by atoms with Crippen molar-refractivity contribution in [3.8, 4) is 0 Å². The zero-order chi connectivity index (χ0) is 20.9. The van der Waals surface area contributed by atoms with Crippen molar-refractivity contribution >= 4 is 18.7 Å². The molecule has 3 atom stereocenters. The molecule has 0 saturated heterocycles. The molecule has 0 heterocycles. The van der Waals surface area contributed by atoms with Gasteiger partial charge in [-0.15, -0.1) is 6.58 Å². The fraction of sp³-hybridized carbons (Fsp3) is 0.462. The Labute approximate surface area is 178 Å². The lowest BCUT2D eigenvalue weighted by molar-refractivity contribution is 0.155. The van der Waals surface area contributed by atoms with E-state index in [9.17, 15) is 0 Å². The van der Waals surface area contributed by atoms with Crippen molar-refractivity contribution in [1.29, 1.82) is 0 Å². The summed E-state index contributed by atoms with van der Waals surface area (Å²) in [7, 11) is -2.44. The Hall–Kier alpha value is -1.68. The number of hydrogen-bond acceptors (Lipinski definition) is 2. The van der Waals surface area contributed by atoms with Gasteiger partial charge in [0.15, 0.2) is 0 Å². The predicted molar refractivity (Wildman–Crippen MR) is 127 cm³/mol. The number of allylic oxidation sites excluding steroid dienone is 1. The molecule has 0 unspecified atom stereocenters. The number of benzene rings is 2.